The fourth-order valence-corrected chi connectivity index (χ4v) is 8.31. The summed E-state index contributed by atoms with van der Waals surface area (Å²) in [6.45, 7) is 12.9. The minimum absolute atomic E-state index is 0.221. The molecule has 32 heavy (non-hydrogen) atoms. The summed E-state index contributed by atoms with van der Waals surface area (Å²) >= 11 is 0. The van der Waals surface area contributed by atoms with Crippen molar-refractivity contribution in [2.24, 2.45) is 34.1 Å². The maximum atomic E-state index is 12.6. The Kier molecular flexibility index (Phi) is 6.26. The predicted molar refractivity (Wildman–Crippen MR) is 131 cm³/mol. The van der Waals surface area contributed by atoms with E-state index in [-0.39, 0.29) is 11.4 Å². The molecule has 4 nitrogen and oxygen atoms in total. The van der Waals surface area contributed by atoms with Crippen molar-refractivity contribution >= 4 is 5.97 Å². The molecular weight excluding hydrogens is 396 g/mol. The lowest BCUT2D eigenvalue weighted by atomic mass is 9.43. The van der Waals surface area contributed by atoms with Gasteiger partial charge in [-0.25, -0.2) is 4.79 Å². The van der Waals surface area contributed by atoms with Crippen LogP contribution in [0.2, 0.25) is 0 Å². The highest BCUT2D eigenvalue weighted by atomic mass is 16.5. The Bertz CT molecular complexity index is 878. The number of rotatable bonds is 6. The van der Waals surface area contributed by atoms with Crippen LogP contribution in [0.3, 0.4) is 0 Å². The van der Waals surface area contributed by atoms with Gasteiger partial charge in [-0.1, -0.05) is 40.5 Å². The number of unbranched alkanes of at least 4 members (excludes halogenated alkanes) is 1. The largest absolute Gasteiger partial charge is 0.425 e. The number of esters is 1. The molecule has 3 unspecified atom stereocenters. The molecule has 0 heterocycles. The maximum Gasteiger partial charge on any atom is 0.328 e. The molecule has 0 aliphatic heterocycles. The second kappa shape index (κ2) is 8.43. The van der Waals surface area contributed by atoms with Gasteiger partial charge in [-0.3, -0.25) is 0 Å². The third kappa shape index (κ3) is 3.81. The molecular formula is C28H44N2O2. The zero-order valence-corrected chi connectivity index (χ0v) is 20.9. The van der Waals surface area contributed by atoms with Crippen LogP contribution in [0.1, 0.15) is 95.8 Å². The fourth-order valence-electron chi connectivity index (χ4n) is 8.31. The lowest BCUT2D eigenvalue weighted by molar-refractivity contribution is -0.136. The van der Waals surface area contributed by atoms with E-state index in [1.54, 1.807) is 0 Å². The summed E-state index contributed by atoms with van der Waals surface area (Å²) in [4.78, 5) is 12.6. The number of ether oxygens (including phenoxy) is 1. The van der Waals surface area contributed by atoms with Crippen molar-refractivity contribution < 1.29 is 9.53 Å². The third-order valence-electron chi connectivity index (χ3n) is 9.67. The van der Waals surface area contributed by atoms with Crippen molar-refractivity contribution in [2.75, 3.05) is 6.54 Å². The molecule has 4 rings (SSSR count). The Hall–Kier alpha value is -1.39. The van der Waals surface area contributed by atoms with Crippen LogP contribution in [0.4, 0.5) is 0 Å². The SMILES string of the molecule is Cc1cc(OC(=O)C(N)CCCCN)cc2c1[C@]1(C)CCC3C(C)(C)CCC[C@]3(C)C1C2. The van der Waals surface area contributed by atoms with Gasteiger partial charge >= 0.3 is 5.97 Å². The molecule has 0 aromatic heterocycles. The molecule has 0 saturated heterocycles. The summed E-state index contributed by atoms with van der Waals surface area (Å²) in [6, 6.07) is 3.62. The van der Waals surface area contributed by atoms with Crippen LogP contribution in [-0.4, -0.2) is 18.6 Å². The fraction of sp³-hybridized carbons (Fsp3) is 0.750. The van der Waals surface area contributed by atoms with Crippen LogP contribution in [0.15, 0.2) is 12.1 Å². The van der Waals surface area contributed by atoms with Crippen LogP contribution in [0, 0.1) is 29.6 Å². The summed E-state index contributed by atoms with van der Waals surface area (Å²) in [5.74, 6) is 1.78. The van der Waals surface area contributed by atoms with Crippen molar-refractivity contribution in [3.8, 4) is 5.75 Å². The quantitative estimate of drug-likeness (QED) is 0.352. The smallest absolute Gasteiger partial charge is 0.328 e. The Morgan fingerprint density at radius 2 is 1.88 bits per heavy atom. The third-order valence-corrected chi connectivity index (χ3v) is 9.67. The summed E-state index contributed by atoms with van der Waals surface area (Å²) in [7, 11) is 0. The first kappa shape index (κ1) is 23.8. The zero-order chi connectivity index (χ0) is 23.3. The Labute approximate surface area is 194 Å². The van der Waals surface area contributed by atoms with E-state index < -0.39 is 6.04 Å². The van der Waals surface area contributed by atoms with E-state index in [0.29, 0.717) is 35.5 Å². The molecule has 1 aromatic rings. The first-order valence-corrected chi connectivity index (χ1v) is 12.8. The van der Waals surface area contributed by atoms with Gasteiger partial charge in [0, 0.05) is 0 Å². The highest BCUT2D eigenvalue weighted by molar-refractivity contribution is 5.78. The van der Waals surface area contributed by atoms with E-state index >= 15 is 0 Å². The molecule has 0 radical (unpaired) electrons. The molecule has 4 heteroatoms. The summed E-state index contributed by atoms with van der Waals surface area (Å²) in [5, 5.41) is 0. The van der Waals surface area contributed by atoms with E-state index in [1.807, 2.05) is 0 Å². The first-order valence-electron chi connectivity index (χ1n) is 12.8. The van der Waals surface area contributed by atoms with Gasteiger partial charge < -0.3 is 16.2 Å². The van der Waals surface area contributed by atoms with Gasteiger partial charge in [0.25, 0.3) is 0 Å². The highest BCUT2D eigenvalue weighted by Gasteiger charge is 2.61. The van der Waals surface area contributed by atoms with Gasteiger partial charge in [-0.05, 0) is 115 Å². The molecule has 2 fully saturated rings. The minimum Gasteiger partial charge on any atom is -0.425 e. The average Bonchev–Trinajstić information content (AvgIpc) is 3.01. The van der Waals surface area contributed by atoms with Crippen LogP contribution in [0.25, 0.3) is 0 Å². The van der Waals surface area contributed by atoms with Gasteiger partial charge in [-0.15, -0.1) is 0 Å². The molecule has 4 N–H and O–H groups in total. The van der Waals surface area contributed by atoms with E-state index in [9.17, 15) is 4.79 Å². The molecule has 3 aliphatic carbocycles. The lowest BCUT2D eigenvalue weighted by Gasteiger charge is -2.61. The molecule has 5 atom stereocenters. The van der Waals surface area contributed by atoms with Crippen molar-refractivity contribution in [3.63, 3.8) is 0 Å². The van der Waals surface area contributed by atoms with Crippen LogP contribution in [0.5, 0.6) is 5.75 Å². The number of carbonyl (C=O) groups is 1. The number of benzene rings is 1. The Morgan fingerprint density at radius 1 is 1.12 bits per heavy atom. The normalized spacial score (nSPS) is 33.7. The van der Waals surface area contributed by atoms with Crippen molar-refractivity contribution in [3.05, 3.63) is 28.8 Å². The molecule has 3 aliphatic rings. The van der Waals surface area contributed by atoms with Gasteiger partial charge in [0.1, 0.15) is 11.8 Å². The topological polar surface area (TPSA) is 78.3 Å². The minimum atomic E-state index is -0.584. The predicted octanol–water partition coefficient (Wildman–Crippen LogP) is 5.41. The summed E-state index contributed by atoms with van der Waals surface area (Å²) < 4.78 is 5.77. The average molecular weight is 441 g/mol. The second-order valence-corrected chi connectivity index (χ2v) is 12.2. The number of hydrogen-bond donors (Lipinski definition) is 2. The maximum absolute atomic E-state index is 12.6. The number of aryl methyl sites for hydroxylation is 1. The van der Waals surface area contributed by atoms with E-state index in [4.69, 9.17) is 16.2 Å². The number of carbonyl (C=O) groups excluding carboxylic acids is 1. The van der Waals surface area contributed by atoms with Gasteiger partial charge in [0.2, 0.25) is 0 Å². The molecule has 0 amide bonds. The van der Waals surface area contributed by atoms with Crippen molar-refractivity contribution in [2.45, 2.75) is 104 Å². The molecule has 178 valence electrons. The lowest BCUT2D eigenvalue weighted by Crippen LogP contribution is -2.55. The molecule has 1 aromatic carbocycles. The van der Waals surface area contributed by atoms with Crippen molar-refractivity contribution in [1.82, 2.24) is 0 Å². The van der Waals surface area contributed by atoms with Gasteiger partial charge in [-0.2, -0.15) is 0 Å². The zero-order valence-electron chi connectivity index (χ0n) is 20.9. The van der Waals surface area contributed by atoms with Gasteiger partial charge in [0.05, 0.1) is 0 Å². The Balaban J connectivity index is 1.58. The number of nitrogens with two attached hydrogens (primary N) is 2. The first-order chi connectivity index (χ1) is 15.0. The van der Waals surface area contributed by atoms with E-state index in [2.05, 4.69) is 46.8 Å². The number of hydrogen-bond acceptors (Lipinski definition) is 4. The van der Waals surface area contributed by atoms with E-state index in [1.165, 1.54) is 48.8 Å². The Morgan fingerprint density at radius 3 is 2.59 bits per heavy atom. The second-order valence-electron chi connectivity index (χ2n) is 12.2. The van der Waals surface area contributed by atoms with Gasteiger partial charge in [0.15, 0.2) is 0 Å². The highest BCUT2D eigenvalue weighted by Crippen LogP contribution is 2.67. The summed E-state index contributed by atoms with van der Waals surface area (Å²) in [6.07, 6.45) is 10.1. The van der Waals surface area contributed by atoms with Crippen LogP contribution >= 0.6 is 0 Å². The standard InChI is InChI=1S/C28H44N2O2/c1-18-15-20(32-25(31)21(30)9-6-7-14-29)16-19-17-23-27(4)12-8-11-26(2,3)22(27)10-13-28(23,5)24(18)19/h15-16,21-23H,6-14,17,29-30H2,1-5H3/t21?,22?,23?,27-,28+/m0/s1. The molecule has 0 bridgehead atoms. The monoisotopic (exact) mass is 440 g/mol. The van der Waals surface area contributed by atoms with Crippen LogP contribution in [-0.2, 0) is 16.6 Å². The number of fused-ring (bicyclic) bond motifs is 5. The van der Waals surface area contributed by atoms with Crippen LogP contribution < -0.4 is 16.2 Å². The molecule has 0 spiro atoms. The van der Waals surface area contributed by atoms with Crippen molar-refractivity contribution in [1.29, 1.82) is 0 Å². The molecule has 2 saturated carbocycles. The van der Waals surface area contributed by atoms with E-state index in [0.717, 1.165) is 25.2 Å². The summed E-state index contributed by atoms with van der Waals surface area (Å²) in [5.41, 5.74) is 16.8.